The van der Waals surface area contributed by atoms with Crippen LogP contribution in [0.2, 0.25) is 0 Å². The van der Waals surface area contributed by atoms with Crippen molar-refractivity contribution in [3.05, 3.63) is 53.2 Å². The molecule has 30 heavy (non-hydrogen) atoms. The fraction of sp³-hybridized carbons (Fsp3) is 0.480. The van der Waals surface area contributed by atoms with Crippen LogP contribution in [0.4, 0.5) is 0 Å². The summed E-state index contributed by atoms with van der Waals surface area (Å²) < 4.78 is 5.16. The third-order valence-corrected chi connectivity index (χ3v) is 8.31. The summed E-state index contributed by atoms with van der Waals surface area (Å²) in [6.07, 6.45) is 7.92. The van der Waals surface area contributed by atoms with Gasteiger partial charge in [0.25, 0.3) is 0 Å². The van der Waals surface area contributed by atoms with Gasteiger partial charge in [-0.2, -0.15) is 5.26 Å². The van der Waals surface area contributed by atoms with Crippen LogP contribution < -0.4 is 4.74 Å². The van der Waals surface area contributed by atoms with E-state index in [0.29, 0.717) is 16.2 Å². The fourth-order valence-corrected chi connectivity index (χ4v) is 7.22. The molecule has 0 atom stereocenters. The molecule has 0 aliphatic heterocycles. The summed E-state index contributed by atoms with van der Waals surface area (Å²) in [4.78, 5) is 17.6. The number of Topliss-reactive ketones (excluding diaryl/α,β-unsaturated/α-hetero) is 1. The number of rotatable bonds is 6. The Morgan fingerprint density at radius 2 is 1.73 bits per heavy atom. The summed E-state index contributed by atoms with van der Waals surface area (Å²) in [5.41, 5.74) is 2.56. The van der Waals surface area contributed by atoms with Gasteiger partial charge in [0.1, 0.15) is 16.8 Å². The summed E-state index contributed by atoms with van der Waals surface area (Å²) in [5.74, 6) is 3.59. The minimum absolute atomic E-state index is 0.0357. The lowest BCUT2D eigenvalue weighted by molar-refractivity contribution is -0.00744. The van der Waals surface area contributed by atoms with Crippen LogP contribution in [0.3, 0.4) is 0 Å². The number of hydrogen-bond donors (Lipinski definition) is 0. The molecule has 6 rings (SSSR count). The van der Waals surface area contributed by atoms with Crippen LogP contribution in [0, 0.1) is 29.1 Å². The van der Waals surface area contributed by atoms with Crippen LogP contribution in [-0.4, -0.2) is 23.6 Å². The number of ether oxygens (including phenoxy) is 1. The summed E-state index contributed by atoms with van der Waals surface area (Å²) in [5, 5.41) is 10.3. The van der Waals surface area contributed by atoms with Crippen LogP contribution in [0.25, 0.3) is 0 Å². The molecule has 0 saturated heterocycles. The van der Waals surface area contributed by atoms with Crippen LogP contribution in [-0.2, 0) is 5.41 Å². The summed E-state index contributed by atoms with van der Waals surface area (Å²) in [6.45, 7) is 0. The number of hydrogen-bond acceptors (Lipinski definition) is 5. The predicted octanol–water partition coefficient (Wildman–Crippen LogP) is 5.40. The molecule has 4 nitrogen and oxygen atoms in total. The minimum atomic E-state index is 0.0357. The minimum Gasteiger partial charge on any atom is -0.497 e. The first-order valence-electron chi connectivity index (χ1n) is 10.8. The van der Waals surface area contributed by atoms with E-state index in [1.807, 2.05) is 6.07 Å². The highest BCUT2D eigenvalue weighted by Crippen LogP contribution is 2.60. The SMILES string of the molecule is COc1ccc(C(=O)CSc2nc(C34CC5CC(CC(C5)C3)C4)ccc2C#N)cc1. The topological polar surface area (TPSA) is 63.0 Å². The Kier molecular flexibility index (Phi) is 5.06. The van der Waals surface area contributed by atoms with Gasteiger partial charge in [-0.25, -0.2) is 4.98 Å². The van der Waals surface area contributed by atoms with Crippen LogP contribution in [0.1, 0.15) is 60.1 Å². The normalized spacial score (nSPS) is 28.9. The number of benzene rings is 1. The molecule has 4 aliphatic carbocycles. The lowest BCUT2D eigenvalue weighted by atomic mass is 9.49. The second-order valence-electron chi connectivity index (χ2n) is 9.30. The second-order valence-corrected chi connectivity index (χ2v) is 10.3. The maximum Gasteiger partial charge on any atom is 0.173 e. The first-order valence-corrected chi connectivity index (χ1v) is 11.8. The van der Waals surface area contributed by atoms with Gasteiger partial charge in [0.15, 0.2) is 5.78 Å². The van der Waals surface area contributed by atoms with E-state index in [4.69, 9.17) is 9.72 Å². The zero-order valence-corrected chi connectivity index (χ0v) is 18.1. The van der Waals surface area contributed by atoms with Gasteiger partial charge in [0, 0.05) is 16.7 Å². The highest BCUT2D eigenvalue weighted by atomic mass is 32.2. The van der Waals surface area contributed by atoms with Gasteiger partial charge in [-0.15, -0.1) is 0 Å². The van der Waals surface area contributed by atoms with E-state index in [1.165, 1.54) is 50.3 Å². The number of carbonyl (C=O) groups excluding carboxylic acids is 1. The monoisotopic (exact) mass is 418 g/mol. The first kappa shape index (κ1) is 19.6. The first-order chi connectivity index (χ1) is 14.6. The van der Waals surface area contributed by atoms with Gasteiger partial charge in [0.05, 0.1) is 18.4 Å². The second kappa shape index (κ2) is 7.74. The van der Waals surface area contributed by atoms with Crippen molar-refractivity contribution in [1.82, 2.24) is 4.98 Å². The summed E-state index contributed by atoms with van der Waals surface area (Å²) >= 11 is 1.39. The zero-order valence-electron chi connectivity index (χ0n) is 17.3. The Morgan fingerprint density at radius 3 is 2.30 bits per heavy atom. The molecule has 0 amide bonds. The number of aromatic nitrogens is 1. The quantitative estimate of drug-likeness (QED) is 0.464. The number of nitriles is 1. The van der Waals surface area contributed by atoms with Gasteiger partial charge < -0.3 is 4.74 Å². The van der Waals surface area contributed by atoms with E-state index in [0.717, 1.165) is 29.2 Å². The third kappa shape index (κ3) is 3.52. The number of carbonyl (C=O) groups is 1. The van der Waals surface area contributed by atoms with E-state index >= 15 is 0 Å². The molecule has 4 fully saturated rings. The molecule has 5 heteroatoms. The van der Waals surface area contributed by atoms with Crippen molar-refractivity contribution >= 4 is 17.5 Å². The Labute approximate surface area is 182 Å². The smallest absolute Gasteiger partial charge is 0.173 e. The molecule has 4 saturated carbocycles. The van der Waals surface area contributed by atoms with E-state index in [2.05, 4.69) is 12.1 Å². The largest absolute Gasteiger partial charge is 0.497 e. The molecule has 154 valence electrons. The van der Waals surface area contributed by atoms with Crippen molar-refractivity contribution in [3.63, 3.8) is 0 Å². The maximum atomic E-state index is 12.7. The van der Waals surface area contributed by atoms with E-state index in [9.17, 15) is 10.1 Å². The Balaban J connectivity index is 1.36. The number of ketones is 1. The maximum absolute atomic E-state index is 12.7. The molecule has 0 spiro atoms. The fourth-order valence-electron chi connectivity index (χ4n) is 6.35. The van der Waals surface area contributed by atoms with Gasteiger partial charge in [0.2, 0.25) is 0 Å². The molecule has 1 aromatic carbocycles. The molecule has 2 aromatic rings. The molecule has 1 heterocycles. The van der Waals surface area contributed by atoms with Crippen LogP contribution in [0.15, 0.2) is 41.4 Å². The van der Waals surface area contributed by atoms with E-state index in [1.54, 1.807) is 31.4 Å². The average molecular weight is 419 g/mol. The van der Waals surface area contributed by atoms with Crippen LogP contribution >= 0.6 is 11.8 Å². The summed E-state index contributed by atoms with van der Waals surface area (Å²) in [6, 6.07) is 13.4. The summed E-state index contributed by atoms with van der Waals surface area (Å²) in [7, 11) is 1.61. The van der Waals surface area contributed by atoms with Crippen molar-refractivity contribution in [1.29, 1.82) is 5.26 Å². The van der Waals surface area contributed by atoms with Gasteiger partial charge in [-0.1, -0.05) is 11.8 Å². The lowest BCUT2D eigenvalue weighted by Gasteiger charge is -2.56. The predicted molar refractivity (Wildman–Crippen MR) is 117 cm³/mol. The molecule has 0 unspecified atom stereocenters. The third-order valence-electron chi connectivity index (χ3n) is 7.31. The Hall–Kier alpha value is -2.32. The van der Waals surface area contributed by atoms with Crippen molar-refractivity contribution in [2.75, 3.05) is 12.9 Å². The highest BCUT2D eigenvalue weighted by Gasteiger charge is 2.52. The van der Waals surface area contributed by atoms with Gasteiger partial charge in [-0.3, -0.25) is 4.79 Å². The standard InChI is InChI=1S/C25H26N2O2S/c1-29-21-5-2-19(3-6-21)22(28)15-30-24-20(14-26)4-7-23(27-24)25-11-16-8-17(12-25)10-18(9-16)13-25/h2-7,16-18H,8-13,15H2,1H3. The number of methoxy groups -OCH3 is 1. The molecule has 4 aliphatic rings. The average Bonchev–Trinajstić information content (AvgIpc) is 2.76. The van der Waals surface area contributed by atoms with Gasteiger partial charge >= 0.3 is 0 Å². The molecule has 1 aromatic heterocycles. The van der Waals surface area contributed by atoms with Crippen molar-refractivity contribution in [2.45, 2.75) is 49.0 Å². The van der Waals surface area contributed by atoms with E-state index < -0.39 is 0 Å². The number of pyridine rings is 1. The van der Waals surface area contributed by atoms with Crippen molar-refractivity contribution in [2.24, 2.45) is 17.8 Å². The Morgan fingerprint density at radius 1 is 1.10 bits per heavy atom. The Bertz CT molecular complexity index is 974. The lowest BCUT2D eigenvalue weighted by Crippen LogP contribution is -2.49. The highest BCUT2D eigenvalue weighted by molar-refractivity contribution is 8.00. The van der Waals surface area contributed by atoms with Gasteiger partial charge in [-0.05, 0) is 92.7 Å². The number of nitrogens with zero attached hydrogens (tertiary/aromatic N) is 2. The molecule has 0 N–H and O–H groups in total. The zero-order chi connectivity index (χ0) is 20.7. The van der Waals surface area contributed by atoms with E-state index in [-0.39, 0.29) is 17.0 Å². The number of thioether (sulfide) groups is 1. The molecular weight excluding hydrogens is 392 g/mol. The van der Waals surface area contributed by atoms with Crippen LogP contribution in [0.5, 0.6) is 5.75 Å². The van der Waals surface area contributed by atoms with Crippen molar-refractivity contribution < 1.29 is 9.53 Å². The molecule has 0 radical (unpaired) electrons. The molecule has 4 bridgehead atoms. The van der Waals surface area contributed by atoms with Crippen molar-refractivity contribution in [3.8, 4) is 11.8 Å². The molecular formula is C25H26N2O2S.